The molecule has 1 amide bonds. The molecule has 0 aromatic heterocycles. The number of hydrogen-bond acceptors (Lipinski definition) is 8. The van der Waals surface area contributed by atoms with Gasteiger partial charge in [0.15, 0.2) is 23.0 Å². The summed E-state index contributed by atoms with van der Waals surface area (Å²) in [6.45, 7) is 4.46. The maximum Gasteiger partial charge on any atom is 0.295 e. The predicted octanol–water partition coefficient (Wildman–Crippen LogP) is 3.63. The number of ether oxygens (including phenoxy) is 4. The lowest BCUT2D eigenvalue weighted by Gasteiger charge is -2.26. The fourth-order valence-corrected chi connectivity index (χ4v) is 4.55. The molecule has 1 fully saturated rings. The van der Waals surface area contributed by atoms with E-state index in [-0.39, 0.29) is 11.3 Å². The van der Waals surface area contributed by atoms with Crippen LogP contribution in [-0.4, -0.2) is 80.7 Å². The Hall–Kier alpha value is -3.72. The molecule has 1 unspecified atom stereocenters. The van der Waals surface area contributed by atoms with Crippen LogP contribution in [0, 0.1) is 0 Å². The number of methoxy groups -OCH3 is 1. The number of Topliss-reactive ketones (excluding diaryl/α,β-unsaturated/α-hetero) is 1. The third-order valence-corrected chi connectivity index (χ3v) is 6.33. The number of aliphatic hydroxyl groups is 1. The van der Waals surface area contributed by atoms with Crippen LogP contribution in [0.5, 0.6) is 23.0 Å². The van der Waals surface area contributed by atoms with Crippen LogP contribution in [0.1, 0.15) is 36.9 Å². The van der Waals surface area contributed by atoms with Crippen LogP contribution < -0.4 is 18.9 Å². The second-order valence-corrected chi connectivity index (χ2v) is 9.27. The average Bonchev–Trinajstić information content (AvgIpc) is 3.16. The van der Waals surface area contributed by atoms with E-state index in [0.717, 1.165) is 13.0 Å². The Labute approximate surface area is 217 Å². The minimum absolute atomic E-state index is 0.0239. The molecule has 0 bridgehead atoms. The van der Waals surface area contributed by atoms with Gasteiger partial charge in [0, 0.05) is 12.1 Å². The summed E-state index contributed by atoms with van der Waals surface area (Å²) in [6, 6.07) is 9.52. The molecule has 4 rings (SSSR count). The first-order valence-corrected chi connectivity index (χ1v) is 12.5. The number of carbonyl (C=O) groups excluding carboxylic acids is 2. The van der Waals surface area contributed by atoms with Gasteiger partial charge in [-0.15, -0.1) is 0 Å². The summed E-state index contributed by atoms with van der Waals surface area (Å²) in [5, 5.41) is 11.4. The van der Waals surface area contributed by atoms with Crippen molar-refractivity contribution in [2.45, 2.75) is 25.8 Å². The van der Waals surface area contributed by atoms with E-state index in [0.29, 0.717) is 66.9 Å². The molecule has 1 atom stereocenters. The maximum atomic E-state index is 13.3. The summed E-state index contributed by atoms with van der Waals surface area (Å²) >= 11 is 0. The number of carbonyl (C=O) groups is 2. The number of nitrogens with zero attached hydrogens (tertiary/aromatic N) is 2. The molecule has 1 saturated heterocycles. The van der Waals surface area contributed by atoms with Crippen LogP contribution in [0.4, 0.5) is 0 Å². The Morgan fingerprint density at radius 3 is 2.54 bits per heavy atom. The Kier molecular flexibility index (Phi) is 8.23. The zero-order valence-electron chi connectivity index (χ0n) is 21.8. The van der Waals surface area contributed by atoms with Gasteiger partial charge in [0.05, 0.1) is 25.3 Å². The van der Waals surface area contributed by atoms with E-state index in [1.807, 2.05) is 25.9 Å². The third kappa shape index (κ3) is 5.51. The quantitative estimate of drug-likeness (QED) is 0.294. The molecule has 198 valence electrons. The van der Waals surface area contributed by atoms with Crippen LogP contribution in [0.15, 0.2) is 42.0 Å². The van der Waals surface area contributed by atoms with E-state index in [1.54, 1.807) is 43.5 Å². The lowest BCUT2D eigenvalue weighted by atomic mass is 9.94. The SMILES string of the molecule is CCCOc1ccc(C2/C(=C(/O)c3ccc4c(c3)OCCO4)C(=O)C(=O)N2CCCN(C)C)cc1OC. The standard InChI is InChI=1S/C28H34N2O7/c1-5-13-35-20-9-7-18(16-22(20)34-4)25-24(27(32)28(33)30(25)12-6-11-29(2)3)26(31)19-8-10-21-23(17-19)37-15-14-36-21/h7-10,16-17,25,31H,5-6,11-15H2,1-4H3/b26-24-. The van der Waals surface area contributed by atoms with Crippen molar-refractivity contribution in [1.29, 1.82) is 0 Å². The fraction of sp³-hybridized carbons (Fsp3) is 0.429. The zero-order chi connectivity index (χ0) is 26.5. The normalized spacial score (nSPS) is 18.4. The van der Waals surface area contributed by atoms with Gasteiger partial charge in [-0.1, -0.05) is 13.0 Å². The molecule has 1 N–H and O–H groups in total. The highest BCUT2D eigenvalue weighted by Crippen LogP contribution is 2.43. The van der Waals surface area contributed by atoms with Gasteiger partial charge in [0.25, 0.3) is 11.7 Å². The monoisotopic (exact) mass is 510 g/mol. The first-order chi connectivity index (χ1) is 17.8. The highest BCUT2D eigenvalue weighted by molar-refractivity contribution is 6.46. The van der Waals surface area contributed by atoms with E-state index in [1.165, 1.54) is 4.90 Å². The van der Waals surface area contributed by atoms with Crippen molar-refractivity contribution in [3.63, 3.8) is 0 Å². The molecule has 2 aliphatic rings. The van der Waals surface area contributed by atoms with Crippen molar-refractivity contribution in [2.75, 3.05) is 54.1 Å². The smallest absolute Gasteiger partial charge is 0.295 e. The number of amides is 1. The molecular formula is C28H34N2O7. The van der Waals surface area contributed by atoms with Gasteiger partial charge in [-0.25, -0.2) is 0 Å². The van der Waals surface area contributed by atoms with Crippen molar-refractivity contribution < 1.29 is 33.6 Å². The molecule has 2 aliphatic heterocycles. The number of rotatable bonds is 10. The second kappa shape index (κ2) is 11.6. The average molecular weight is 511 g/mol. The largest absolute Gasteiger partial charge is 0.507 e. The Morgan fingerprint density at radius 2 is 1.84 bits per heavy atom. The topological polar surface area (TPSA) is 97.8 Å². The van der Waals surface area contributed by atoms with Crippen molar-refractivity contribution in [3.8, 4) is 23.0 Å². The summed E-state index contributed by atoms with van der Waals surface area (Å²) in [4.78, 5) is 30.1. The summed E-state index contributed by atoms with van der Waals surface area (Å²) in [6.07, 6.45) is 1.50. The molecule has 9 heteroatoms. The van der Waals surface area contributed by atoms with E-state index in [9.17, 15) is 14.7 Å². The molecule has 2 aromatic carbocycles. The lowest BCUT2D eigenvalue weighted by Crippen LogP contribution is -2.32. The lowest BCUT2D eigenvalue weighted by molar-refractivity contribution is -0.139. The minimum Gasteiger partial charge on any atom is -0.507 e. The number of likely N-dealkylation sites (tertiary alicyclic amines) is 1. The van der Waals surface area contributed by atoms with Crippen LogP contribution in [0.2, 0.25) is 0 Å². The molecule has 9 nitrogen and oxygen atoms in total. The zero-order valence-corrected chi connectivity index (χ0v) is 21.8. The van der Waals surface area contributed by atoms with Gasteiger partial charge in [0.2, 0.25) is 0 Å². The molecule has 0 radical (unpaired) electrons. The van der Waals surface area contributed by atoms with Crippen LogP contribution in [0.3, 0.4) is 0 Å². The molecule has 2 aromatic rings. The molecule has 2 heterocycles. The first-order valence-electron chi connectivity index (χ1n) is 12.5. The van der Waals surface area contributed by atoms with Crippen LogP contribution in [0.25, 0.3) is 5.76 Å². The van der Waals surface area contributed by atoms with Crippen LogP contribution in [-0.2, 0) is 9.59 Å². The summed E-state index contributed by atoms with van der Waals surface area (Å²) in [7, 11) is 5.45. The summed E-state index contributed by atoms with van der Waals surface area (Å²) in [5.41, 5.74) is 1.04. The van der Waals surface area contributed by atoms with Crippen molar-refractivity contribution in [2.24, 2.45) is 0 Å². The van der Waals surface area contributed by atoms with Gasteiger partial charge in [-0.3, -0.25) is 9.59 Å². The summed E-state index contributed by atoms with van der Waals surface area (Å²) < 4.78 is 22.6. The number of benzene rings is 2. The molecule has 37 heavy (non-hydrogen) atoms. The van der Waals surface area contributed by atoms with Crippen molar-refractivity contribution in [3.05, 3.63) is 53.1 Å². The molecular weight excluding hydrogens is 476 g/mol. The third-order valence-electron chi connectivity index (χ3n) is 6.33. The highest BCUT2D eigenvalue weighted by Gasteiger charge is 2.46. The van der Waals surface area contributed by atoms with Crippen LogP contribution >= 0.6 is 0 Å². The van der Waals surface area contributed by atoms with Gasteiger partial charge >= 0.3 is 0 Å². The van der Waals surface area contributed by atoms with Gasteiger partial charge < -0.3 is 33.9 Å². The Balaban J connectivity index is 1.80. The van der Waals surface area contributed by atoms with E-state index in [2.05, 4.69) is 0 Å². The van der Waals surface area contributed by atoms with E-state index < -0.39 is 17.7 Å². The van der Waals surface area contributed by atoms with E-state index >= 15 is 0 Å². The molecule has 0 spiro atoms. The van der Waals surface area contributed by atoms with Crippen molar-refractivity contribution >= 4 is 17.4 Å². The molecule has 0 aliphatic carbocycles. The Bertz CT molecular complexity index is 1190. The fourth-order valence-electron chi connectivity index (χ4n) is 4.55. The van der Waals surface area contributed by atoms with Crippen molar-refractivity contribution in [1.82, 2.24) is 9.80 Å². The number of hydrogen-bond donors (Lipinski definition) is 1. The molecule has 0 saturated carbocycles. The van der Waals surface area contributed by atoms with Gasteiger partial charge in [-0.2, -0.15) is 0 Å². The first kappa shape index (κ1) is 26.3. The number of fused-ring (bicyclic) bond motifs is 1. The summed E-state index contributed by atoms with van der Waals surface area (Å²) in [5.74, 6) is 0.469. The minimum atomic E-state index is -0.788. The van der Waals surface area contributed by atoms with E-state index in [4.69, 9.17) is 18.9 Å². The highest BCUT2D eigenvalue weighted by atomic mass is 16.6. The Morgan fingerprint density at radius 1 is 1.08 bits per heavy atom. The maximum absolute atomic E-state index is 13.3. The predicted molar refractivity (Wildman–Crippen MR) is 138 cm³/mol. The number of aliphatic hydroxyl groups excluding tert-OH is 1. The number of ketones is 1. The van der Waals surface area contributed by atoms with Gasteiger partial charge in [-0.05, 0) is 69.4 Å². The van der Waals surface area contributed by atoms with Gasteiger partial charge in [0.1, 0.15) is 19.0 Å². The second-order valence-electron chi connectivity index (χ2n) is 9.27.